The van der Waals surface area contributed by atoms with Gasteiger partial charge in [0.2, 0.25) is 0 Å². The van der Waals surface area contributed by atoms with Crippen LogP contribution in [0.2, 0.25) is 0 Å². The van der Waals surface area contributed by atoms with Crippen molar-refractivity contribution < 1.29 is 23.8 Å². The van der Waals surface area contributed by atoms with E-state index in [1.54, 1.807) is 31.2 Å². The summed E-state index contributed by atoms with van der Waals surface area (Å²) >= 11 is 1.23. The van der Waals surface area contributed by atoms with Crippen LogP contribution in [-0.2, 0) is 14.3 Å². The molecule has 8 nitrogen and oxygen atoms in total. The van der Waals surface area contributed by atoms with Crippen molar-refractivity contribution in [1.29, 1.82) is 0 Å². The average molecular weight is 505 g/mol. The lowest BCUT2D eigenvalue weighted by molar-refractivity contribution is -0.136. The zero-order valence-corrected chi connectivity index (χ0v) is 21.0. The van der Waals surface area contributed by atoms with Gasteiger partial charge in [-0.25, -0.2) is 9.79 Å². The van der Waals surface area contributed by atoms with Crippen molar-refractivity contribution in [1.82, 2.24) is 4.57 Å². The number of rotatable bonds is 6. The van der Waals surface area contributed by atoms with Crippen LogP contribution in [0.3, 0.4) is 0 Å². The molecule has 0 amide bonds. The predicted molar refractivity (Wildman–Crippen MR) is 136 cm³/mol. The maximum atomic E-state index is 13.5. The van der Waals surface area contributed by atoms with Crippen LogP contribution >= 0.6 is 11.3 Å². The number of nitrogens with zero attached hydrogens (tertiary/aromatic N) is 2. The Labute approximate surface area is 211 Å². The molecular weight excluding hydrogens is 480 g/mol. The number of thiazole rings is 1. The molecule has 2 heterocycles. The fraction of sp³-hybridized carbons (Fsp3) is 0.185. The molecule has 0 unspecified atom stereocenters. The summed E-state index contributed by atoms with van der Waals surface area (Å²) in [6.45, 7) is 3.00. The maximum absolute atomic E-state index is 13.5. The van der Waals surface area contributed by atoms with Gasteiger partial charge in [-0.05, 0) is 36.3 Å². The molecule has 184 valence electrons. The van der Waals surface area contributed by atoms with Crippen molar-refractivity contribution in [3.63, 3.8) is 0 Å². The van der Waals surface area contributed by atoms with E-state index in [1.165, 1.54) is 37.0 Å². The molecule has 0 N–H and O–H groups in total. The number of carbonyl (C=O) groups excluding carboxylic acids is 2. The van der Waals surface area contributed by atoms with Gasteiger partial charge in [0.15, 0.2) is 16.3 Å². The lowest BCUT2D eigenvalue weighted by atomic mass is 9.95. The monoisotopic (exact) mass is 504 g/mol. The van der Waals surface area contributed by atoms with Gasteiger partial charge in [-0.15, -0.1) is 0 Å². The van der Waals surface area contributed by atoms with Crippen LogP contribution in [0.5, 0.6) is 11.5 Å². The normalized spacial score (nSPS) is 15.4. The summed E-state index contributed by atoms with van der Waals surface area (Å²) in [7, 11) is 2.72. The van der Waals surface area contributed by atoms with Crippen molar-refractivity contribution in [2.24, 2.45) is 4.99 Å². The number of ether oxygens (including phenoxy) is 3. The highest BCUT2D eigenvalue weighted by Gasteiger charge is 2.33. The van der Waals surface area contributed by atoms with Crippen LogP contribution in [0.4, 0.5) is 0 Å². The number of esters is 2. The molecular formula is C27H24N2O6S. The maximum Gasteiger partial charge on any atom is 0.338 e. The van der Waals surface area contributed by atoms with Crippen molar-refractivity contribution in [3.05, 3.63) is 96.7 Å². The fourth-order valence-corrected chi connectivity index (χ4v) is 4.92. The number of hydrogen-bond donors (Lipinski definition) is 0. The summed E-state index contributed by atoms with van der Waals surface area (Å²) in [4.78, 5) is 42.8. The minimum atomic E-state index is -0.811. The molecule has 4 rings (SSSR count). The molecule has 3 aromatic rings. The quantitative estimate of drug-likeness (QED) is 0.378. The van der Waals surface area contributed by atoms with Crippen molar-refractivity contribution in [3.8, 4) is 11.5 Å². The van der Waals surface area contributed by atoms with Gasteiger partial charge in [0, 0.05) is 6.92 Å². The number of aromatic nitrogens is 1. The summed E-state index contributed by atoms with van der Waals surface area (Å²) in [5, 5.41) is 0. The van der Waals surface area contributed by atoms with Gasteiger partial charge >= 0.3 is 11.9 Å². The van der Waals surface area contributed by atoms with E-state index in [0.717, 1.165) is 5.56 Å². The first-order valence-corrected chi connectivity index (χ1v) is 11.8. The molecule has 2 aromatic carbocycles. The van der Waals surface area contributed by atoms with Gasteiger partial charge in [-0.3, -0.25) is 14.2 Å². The molecule has 1 atom stereocenters. The van der Waals surface area contributed by atoms with Gasteiger partial charge in [-0.1, -0.05) is 59.9 Å². The molecule has 0 spiro atoms. The number of methoxy groups -OCH3 is 2. The van der Waals surface area contributed by atoms with E-state index in [9.17, 15) is 14.4 Å². The first-order valence-electron chi connectivity index (χ1n) is 11.0. The van der Waals surface area contributed by atoms with Crippen molar-refractivity contribution in [2.45, 2.75) is 19.9 Å². The third-order valence-electron chi connectivity index (χ3n) is 5.52. The summed E-state index contributed by atoms with van der Waals surface area (Å²) in [5.74, 6) is -0.576. The Morgan fingerprint density at radius 1 is 1.08 bits per heavy atom. The molecule has 1 aromatic heterocycles. The molecule has 1 aliphatic heterocycles. The Hall–Kier alpha value is -4.24. The van der Waals surface area contributed by atoms with E-state index < -0.39 is 18.0 Å². The van der Waals surface area contributed by atoms with E-state index in [1.807, 2.05) is 42.5 Å². The van der Waals surface area contributed by atoms with Crippen LogP contribution in [-0.4, -0.2) is 30.7 Å². The molecule has 0 aliphatic carbocycles. The molecule has 1 aliphatic rings. The standard InChI is InChI=1S/C27H24N2O6S/c1-16-23(26(32)34-4)24(19-13-14-20(35-17(2)30)21(15-19)33-3)29-25(31)22(36-27(29)28-16)12-8-11-18-9-6-5-7-10-18/h5-15,24H,1-4H3/b11-8+,22-12+/t24-/m1/s1. The second-order valence-corrected chi connectivity index (χ2v) is 8.88. The number of hydrogen-bond acceptors (Lipinski definition) is 8. The molecule has 0 saturated carbocycles. The largest absolute Gasteiger partial charge is 0.493 e. The van der Waals surface area contributed by atoms with Crippen LogP contribution in [0.15, 0.2) is 75.7 Å². The zero-order chi connectivity index (χ0) is 25.8. The van der Waals surface area contributed by atoms with Gasteiger partial charge in [0.05, 0.1) is 36.1 Å². The topological polar surface area (TPSA) is 96.2 Å². The summed E-state index contributed by atoms with van der Waals surface area (Å²) in [6, 6.07) is 13.8. The minimum absolute atomic E-state index is 0.229. The third-order valence-corrected chi connectivity index (χ3v) is 6.52. The zero-order valence-electron chi connectivity index (χ0n) is 20.2. The lowest BCUT2D eigenvalue weighted by Crippen LogP contribution is -2.39. The number of allylic oxidation sites excluding steroid dienone is 2. The van der Waals surface area contributed by atoms with Crippen molar-refractivity contribution >= 4 is 35.4 Å². The molecule has 36 heavy (non-hydrogen) atoms. The minimum Gasteiger partial charge on any atom is -0.493 e. The van der Waals surface area contributed by atoms with Crippen LogP contribution in [0.1, 0.15) is 31.0 Å². The van der Waals surface area contributed by atoms with Gasteiger partial charge < -0.3 is 14.2 Å². The van der Waals surface area contributed by atoms with Gasteiger partial charge in [0.25, 0.3) is 5.56 Å². The highest BCUT2D eigenvalue weighted by Crippen LogP contribution is 2.36. The molecule has 0 radical (unpaired) electrons. The summed E-state index contributed by atoms with van der Waals surface area (Å²) in [6.07, 6.45) is 5.44. The Kier molecular flexibility index (Phi) is 7.30. The highest BCUT2D eigenvalue weighted by atomic mass is 32.1. The third kappa shape index (κ3) is 4.92. The van der Waals surface area contributed by atoms with Crippen LogP contribution in [0, 0.1) is 0 Å². The number of carbonyl (C=O) groups is 2. The smallest absolute Gasteiger partial charge is 0.338 e. The summed E-state index contributed by atoms with van der Waals surface area (Å²) in [5.41, 5.74) is 1.97. The lowest BCUT2D eigenvalue weighted by Gasteiger charge is -2.25. The highest BCUT2D eigenvalue weighted by molar-refractivity contribution is 7.07. The van der Waals surface area contributed by atoms with E-state index in [4.69, 9.17) is 14.2 Å². The Morgan fingerprint density at radius 2 is 1.83 bits per heavy atom. The Morgan fingerprint density at radius 3 is 2.50 bits per heavy atom. The second-order valence-electron chi connectivity index (χ2n) is 7.87. The molecule has 9 heteroatoms. The first-order chi connectivity index (χ1) is 17.3. The molecule has 0 saturated heterocycles. The number of fused-ring (bicyclic) bond motifs is 1. The predicted octanol–water partition coefficient (Wildman–Crippen LogP) is 3.01. The van der Waals surface area contributed by atoms with Crippen LogP contribution < -0.4 is 24.4 Å². The van der Waals surface area contributed by atoms with Crippen molar-refractivity contribution in [2.75, 3.05) is 14.2 Å². The average Bonchev–Trinajstić information content (AvgIpc) is 3.17. The Bertz CT molecular complexity index is 1560. The van der Waals surface area contributed by atoms with E-state index in [0.29, 0.717) is 20.6 Å². The fourth-order valence-electron chi connectivity index (χ4n) is 3.93. The van der Waals surface area contributed by atoms with Gasteiger partial charge in [-0.2, -0.15) is 0 Å². The van der Waals surface area contributed by atoms with E-state index >= 15 is 0 Å². The first kappa shape index (κ1) is 24.9. The molecule has 0 bridgehead atoms. The Balaban J connectivity index is 1.88. The summed E-state index contributed by atoms with van der Waals surface area (Å²) < 4.78 is 17.6. The molecule has 0 fully saturated rings. The second kappa shape index (κ2) is 10.6. The van der Waals surface area contributed by atoms with Gasteiger partial charge in [0.1, 0.15) is 0 Å². The van der Waals surface area contributed by atoms with Crippen LogP contribution in [0.25, 0.3) is 12.2 Å². The van der Waals surface area contributed by atoms with E-state index in [2.05, 4.69) is 4.99 Å². The number of benzene rings is 2. The SMILES string of the molecule is COC(=O)C1=C(C)N=c2s/c(=C/C=C/c3ccccc3)c(=O)n2[C@@H]1c1ccc(OC(C)=O)c(OC)c1. The van der Waals surface area contributed by atoms with E-state index in [-0.39, 0.29) is 22.6 Å².